The van der Waals surface area contributed by atoms with E-state index < -0.39 is 20.0 Å². The molecule has 3 unspecified atom stereocenters. The molecule has 0 aromatic heterocycles. The van der Waals surface area contributed by atoms with Gasteiger partial charge in [-0.15, -0.1) is 0 Å². The number of rotatable bonds is 49. The zero-order chi connectivity index (χ0) is 49.2. The van der Waals surface area contributed by atoms with Crippen LogP contribution in [0.1, 0.15) is 226 Å². The molecule has 9 heteroatoms. The van der Waals surface area contributed by atoms with E-state index in [9.17, 15) is 19.4 Å². The van der Waals surface area contributed by atoms with Crippen LogP contribution in [0.4, 0.5) is 0 Å². The number of nitrogens with one attached hydrogen (secondary N) is 1. The third-order valence-electron chi connectivity index (χ3n) is 11.9. The van der Waals surface area contributed by atoms with Gasteiger partial charge in [-0.05, 0) is 70.6 Å². The molecule has 0 aliphatic carbocycles. The van der Waals surface area contributed by atoms with Crippen molar-refractivity contribution in [2.75, 3.05) is 40.9 Å². The average Bonchev–Trinajstić information content (AvgIpc) is 3.29. The highest BCUT2D eigenvalue weighted by atomic mass is 31.2. The standard InChI is InChI=1S/C58H105N2O6P/c1-6-8-10-12-14-16-18-20-22-24-26-28-30-32-34-36-38-40-42-44-46-48-50-52-58(62)59-56(55-66-67(63,64)65-54-53-60(3,4)5)57(61)51-49-47-45-43-41-39-37-35-33-31-29-27-25-23-21-19-17-15-13-11-9-7-2/h8,10,14,16,20,22,26,28,32,34,38,40,49,51,56-57,61H,6-7,9,11-13,15,17-19,21,23-25,27,29-31,33,35-37,39,41-48,50,52-55H2,1-5H3,(H-,59,62,63,64)/p+1/b10-8-,16-14-,22-20-,28-26-,34-32-,40-38-,51-49+. The Hall–Kier alpha value is -2.32. The van der Waals surface area contributed by atoms with Gasteiger partial charge in [0.2, 0.25) is 5.91 Å². The number of carbonyl (C=O) groups excluding carboxylic acids is 1. The van der Waals surface area contributed by atoms with Gasteiger partial charge in [-0.3, -0.25) is 13.8 Å². The van der Waals surface area contributed by atoms with Gasteiger partial charge in [0, 0.05) is 6.42 Å². The van der Waals surface area contributed by atoms with E-state index in [1.165, 1.54) is 116 Å². The van der Waals surface area contributed by atoms with Crippen molar-refractivity contribution in [1.29, 1.82) is 0 Å². The third kappa shape index (κ3) is 51.4. The molecule has 8 nitrogen and oxygen atoms in total. The Balaban J connectivity index is 4.35. The lowest BCUT2D eigenvalue weighted by Gasteiger charge is -2.25. The second-order valence-corrected chi connectivity index (χ2v) is 21.0. The number of likely N-dealkylation sites (N-methyl/N-ethyl adjacent to an activating group) is 1. The minimum atomic E-state index is -4.36. The normalized spacial score (nSPS) is 14.7. The van der Waals surface area contributed by atoms with Crippen molar-refractivity contribution in [1.82, 2.24) is 5.32 Å². The average molecular weight is 958 g/mol. The fraction of sp³-hybridized carbons (Fsp3) is 0.741. The number of aliphatic hydroxyl groups is 1. The maximum Gasteiger partial charge on any atom is 0.472 e. The third-order valence-corrected chi connectivity index (χ3v) is 12.9. The number of unbranched alkanes of at least 4 members (excludes halogenated alkanes) is 24. The van der Waals surface area contributed by atoms with Crippen molar-refractivity contribution >= 4 is 13.7 Å². The van der Waals surface area contributed by atoms with Crippen LogP contribution in [0, 0.1) is 0 Å². The first-order valence-electron chi connectivity index (χ1n) is 27.5. The van der Waals surface area contributed by atoms with Crippen LogP contribution >= 0.6 is 7.82 Å². The highest BCUT2D eigenvalue weighted by Crippen LogP contribution is 2.43. The number of hydrogen-bond acceptors (Lipinski definition) is 5. The molecule has 0 spiro atoms. The van der Waals surface area contributed by atoms with Crippen LogP contribution in [0.2, 0.25) is 0 Å². The van der Waals surface area contributed by atoms with Gasteiger partial charge in [-0.25, -0.2) is 4.57 Å². The van der Waals surface area contributed by atoms with E-state index in [2.05, 4.69) is 92.1 Å². The van der Waals surface area contributed by atoms with Crippen LogP contribution in [0.25, 0.3) is 0 Å². The van der Waals surface area contributed by atoms with Gasteiger partial charge in [-0.1, -0.05) is 234 Å². The Morgan fingerprint density at radius 2 is 0.896 bits per heavy atom. The van der Waals surface area contributed by atoms with Gasteiger partial charge in [0.25, 0.3) is 0 Å². The summed E-state index contributed by atoms with van der Waals surface area (Å²) >= 11 is 0. The molecule has 0 heterocycles. The number of hydrogen-bond donors (Lipinski definition) is 3. The molecular formula is C58H106N2O6P+. The molecule has 3 atom stereocenters. The summed E-state index contributed by atoms with van der Waals surface area (Å²) in [4.78, 5) is 23.3. The van der Waals surface area contributed by atoms with E-state index in [4.69, 9.17) is 9.05 Å². The zero-order valence-corrected chi connectivity index (χ0v) is 45.0. The molecule has 0 aromatic rings. The van der Waals surface area contributed by atoms with Gasteiger partial charge in [0.15, 0.2) is 0 Å². The van der Waals surface area contributed by atoms with Gasteiger partial charge >= 0.3 is 7.82 Å². The molecule has 0 fully saturated rings. The number of phosphoric ester groups is 1. The summed E-state index contributed by atoms with van der Waals surface area (Å²) in [6.07, 6.45) is 68.1. The predicted octanol–water partition coefficient (Wildman–Crippen LogP) is 16.5. The van der Waals surface area contributed by atoms with Crippen LogP contribution < -0.4 is 5.32 Å². The van der Waals surface area contributed by atoms with E-state index in [0.717, 1.165) is 89.9 Å². The Bertz CT molecular complexity index is 1360. The van der Waals surface area contributed by atoms with Crippen molar-refractivity contribution in [3.8, 4) is 0 Å². The Morgan fingerprint density at radius 3 is 1.31 bits per heavy atom. The Morgan fingerprint density at radius 1 is 0.522 bits per heavy atom. The summed E-state index contributed by atoms with van der Waals surface area (Å²) in [6, 6.07) is -0.866. The minimum absolute atomic E-state index is 0.0519. The van der Waals surface area contributed by atoms with E-state index in [1.54, 1.807) is 6.08 Å². The molecule has 67 heavy (non-hydrogen) atoms. The first-order chi connectivity index (χ1) is 32.5. The van der Waals surface area contributed by atoms with Gasteiger partial charge in [-0.2, -0.15) is 0 Å². The molecular weight excluding hydrogens is 852 g/mol. The molecule has 388 valence electrons. The summed E-state index contributed by atoms with van der Waals surface area (Å²) in [5.41, 5.74) is 0. The van der Waals surface area contributed by atoms with E-state index in [-0.39, 0.29) is 19.1 Å². The molecule has 0 bridgehead atoms. The molecule has 3 N–H and O–H groups in total. The van der Waals surface area contributed by atoms with Crippen molar-refractivity contribution in [3.05, 3.63) is 85.1 Å². The number of quaternary nitrogens is 1. The first kappa shape index (κ1) is 64.7. The van der Waals surface area contributed by atoms with E-state index >= 15 is 0 Å². The number of carbonyl (C=O) groups is 1. The molecule has 0 rings (SSSR count). The smallest absolute Gasteiger partial charge is 0.387 e. The molecule has 0 aromatic carbocycles. The highest BCUT2D eigenvalue weighted by Gasteiger charge is 2.27. The quantitative estimate of drug-likeness (QED) is 0.0243. The number of amides is 1. The van der Waals surface area contributed by atoms with E-state index in [0.29, 0.717) is 17.4 Å². The molecule has 0 saturated heterocycles. The lowest BCUT2D eigenvalue weighted by atomic mass is 10.0. The fourth-order valence-electron chi connectivity index (χ4n) is 7.57. The summed E-state index contributed by atoms with van der Waals surface area (Å²) in [7, 11) is 1.54. The minimum Gasteiger partial charge on any atom is -0.387 e. The van der Waals surface area contributed by atoms with Crippen molar-refractivity contribution < 1.29 is 32.9 Å². The maximum absolute atomic E-state index is 13.0. The lowest BCUT2D eigenvalue weighted by Crippen LogP contribution is -2.45. The number of nitrogens with zero attached hydrogens (tertiary/aromatic N) is 1. The molecule has 0 aliphatic rings. The van der Waals surface area contributed by atoms with E-state index in [1.807, 2.05) is 27.2 Å². The summed E-state index contributed by atoms with van der Waals surface area (Å²) in [5.74, 6) is -0.203. The summed E-state index contributed by atoms with van der Waals surface area (Å²) in [5, 5.41) is 13.9. The number of phosphoric acid groups is 1. The zero-order valence-electron chi connectivity index (χ0n) is 44.1. The van der Waals surface area contributed by atoms with Crippen LogP contribution in [-0.2, 0) is 18.4 Å². The highest BCUT2D eigenvalue weighted by molar-refractivity contribution is 7.47. The SMILES string of the molecule is CC/C=C\C/C=C\C/C=C\C/C=C\C/C=C\C/C=C\CCCCCCC(=O)NC(COP(=O)(O)OCC[N+](C)(C)C)C(O)/C=C/CCCCCCCCCCCCCCCCCCCCCC. The second-order valence-electron chi connectivity index (χ2n) is 19.6. The molecule has 1 amide bonds. The molecule has 0 aliphatic heterocycles. The molecule has 0 saturated carbocycles. The topological polar surface area (TPSA) is 105 Å². The monoisotopic (exact) mass is 958 g/mol. The lowest BCUT2D eigenvalue weighted by molar-refractivity contribution is -0.870. The van der Waals surface area contributed by atoms with Crippen molar-refractivity contribution in [3.63, 3.8) is 0 Å². The number of aliphatic hydroxyl groups excluding tert-OH is 1. The maximum atomic E-state index is 13.0. The largest absolute Gasteiger partial charge is 0.472 e. The Kier molecular flexibility index (Phi) is 47.0. The van der Waals surface area contributed by atoms with Crippen LogP contribution in [0.3, 0.4) is 0 Å². The Labute approximate surface area is 414 Å². The van der Waals surface area contributed by atoms with Gasteiger partial charge in [0.05, 0.1) is 39.9 Å². The summed E-state index contributed by atoms with van der Waals surface area (Å²) in [6.45, 7) is 4.69. The predicted molar refractivity (Wildman–Crippen MR) is 290 cm³/mol. The van der Waals surface area contributed by atoms with Crippen LogP contribution in [0.5, 0.6) is 0 Å². The van der Waals surface area contributed by atoms with Crippen LogP contribution in [0.15, 0.2) is 85.1 Å². The molecule has 0 radical (unpaired) electrons. The first-order valence-corrected chi connectivity index (χ1v) is 29.0. The van der Waals surface area contributed by atoms with Crippen molar-refractivity contribution in [2.24, 2.45) is 0 Å². The second kappa shape index (κ2) is 48.7. The van der Waals surface area contributed by atoms with Crippen molar-refractivity contribution in [2.45, 2.75) is 238 Å². The number of allylic oxidation sites excluding steroid dienone is 13. The van der Waals surface area contributed by atoms with Gasteiger partial charge < -0.3 is 19.8 Å². The van der Waals surface area contributed by atoms with Gasteiger partial charge in [0.1, 0.15) is 13.2 Å². The fourth-order valence-corrected chi connectivity index (χ4v) is 8.31. The summed E-state index contributed by atoms with van der Waals surface area (Å²) < 4.78 is 23.7. The van der Waals surface area contributed by atoms with Crippen LogP contribution in [-0.4, -0.2) is 73.4 Å².